The number of fused-ring (bicyclic) bond motifs is 1. The van der Waals surface area contributed by atoms with E-state index in [1.165, 1.54) is 6.07 Å². The zero-order valence-electron chi connectivity index (χ0n) is 20.5. The number of pyridine rings is 1. The van der Waals surface area contributed by atoms with Gasteiger partial charge in [0.15, 0.2) is 6.10 Å². The average molecular weight is 545 g/mol. The highest BCUT2D eigenvalue weighted by Gasteiger charge is 2.37. The second-order valence-electron chi connectivity index (χ2n) is 7.94. The zero-order valence-corrected chi connectivity index (χ0v) is 20.5. The summed E-state index contributed by atoms with van der Waals surface area (Å²) in [4.78, 5) is 15.2. The highest BCUT2D eigenvalue weighted by Crippen LogP contribution is 2.39. The molecular weight excluding hydrogens is 520 g/mol. The van der Waals surface area contributed by atoms with Gasteiger partial charge in [0.2, 0.25) is 0 Å². The number of carbonyl (C=O) groups is 1. The molecule has 1 atom stereocenters. The minimum absolute atomic E-state index is 0.103. The molecule has 1 heterocycles. The number of para-hydroxylation sites is 1. The number of benzene rings is 2. The van der Waals surface area contributed by atoms with Crippen molar-refractivity contribution in [2.75, 3.05) is 26.4 Å². The predicted octanol–water partition coefficient (Wildman–Crippen LogP) is 6.24. The molecular formula is C26H25F6NO5. The van der Waals surface area contributed by atoms with Crippen LogP contribution in [0.4, 0.5) is 26.3 Å². The van der Waals surface area contributed by atoms with Crippen molar-refractivity contribution >= 4 is 16.9 Å². The Labute approximate surface area is 214 Å². The molecule has 0 saturated carbocycles. The van der Waals surface area contributed by atoms with Gasteiger partial charge in [-0.05, 0) is 43.7 Å². The monoisotopic (exact) mass is 545 g/mol. The summed E-state index contributed by atoms with van der Waals surface area (Å²) in [6.07, 6.45) is -10.3. The Balaban J connectivity index is 1.68. The first kappa shape index (κ1) is 29.0. The largest absolute Gasteiger partial charge is 0.490 e. The molecule has 0 radical (unpaired) electrons. The Morgan fingerprint density at radius 3 is 2.18 bits per heavy atom. The Hall–Kier alpha value is -3.54. The van der Waals surface area contributed by atoms with Crippen molar-refractivity contribution in [1.82, 2.24) is 4.98 Å². The van der Waals surface area contributed by atoms with Gasteiger partial charge >= 0.3 is 18.3 Å². The third-order valence-corrected chi connectivity index (χ3v) is 5.27. The van der Waals surface area contributed by atoms with Crippen LogP contribution in [0.25, 0.3) is 10.9 Å². The van der Waals surface area contributed by atoms with Crippen molar-refractivity contribution < 1.29 is 50.1 Å². The van der Waals surface area contributed by atoms with Gasteiger partial charge in [-0.3, -0.25) is 0 Å². The second kappa shape index (κ2) is 12.3. The summed E-state index contributed by atoms with van der Waals surface area (Å²) in [6, 6.07) is 10.2. The van der Waals surface area contributed by atoms with Gasteiger partial charge in [0, 0.05) is 24.5 Å². The number of rotatable bonds is 11. The maximum Gasteiger partial charge on any atom is 0.433 e. The van der Waals surface area contributed by atoms with E-state index in [1.807, 2.05) is 0 Å². The van der Waals surface area contributed by atoms with E-state index in [4.69, 9.17) is 18.9 Å². The van der Waals surface area contributed by atoms with E-state index in [0.29, 0.717) is 24.5 Å². The Morgan fingerprint density at radius 2 is 1.58 bits per heavy atom. The highest BCUT2D eigenvalue weighted by molar-refractivity contribution is 5.88. The molecule has 0 fully saturated rings. The molecule has 0 amide bonds. The topological polar surface area (TPSA) is 66.9 Å². The second-order valence-corrected chi connectivity index (χ2v) is 7.94. The molecule has 1 aromatic heterocycles. The maximum atomic E-state index is 13.4. The lowest BCUT2D eigenvalue weighted by Crippen LogP contribution is -2.28. The summed E-state index contributed by atoms with van der Waals surface area (Å²) in [6.45, 7) is 3.67. The van der Waals surface area contributed by atoms with Crippen LogP contribution >= 0.6 is 0 Å². The minimum atomic E-state index is -4.97. The molecule has 0 aliphatic carbocycles. The molecule has 0 aliphatic rings. The molecule has 0 saturated heterocycles. The van der Waals surface area contributed by atoms with Gasteiger partial charge in [-0.2, -0.15) is 26.3 Å². The summed E-state index contributed by atoms with van der Waals surface area (Å²) < 4.78 is 101. The number of esters is 1. The van der Waals surface area contributed by atoms with Crippen LogP contribution in [-0.2, 0) is 33.0 Å². The van der Waals surface area contributed by atoms with Crippen molar-refractivity contribution in [3.63, 3.8) is 0 Å². The van der Waals surface area contributed by atoms with E-state index < -0.39 is 46.9 Å². The highest BCUT2D eigenvalue weighted by atomic mass is 19.4. The lowest BCUT2D eigenvalue weighted by atomic mass is 10.1. The summed E-state index contributed by atoms with van der Waals surface area (Å²) in [5, 5.41) is -0.206. The van der Waals surface area contributed by atoms with Crippen LogP contribution < -0.4 is 9.47 Å². The molecule has 0 N–H and O–H groups in total. The molecule has 2 aromatic carbocycles. The van der Waals surface area contributed by atoms with Crippen molar-refractivity contribution in [3.8, 4) is 11.5 Å². The number of nitrogens with zero attached hydrogens (tertiary/aromatic N) is 1. The maximum absolute atomic E-state index is 13.4. The Kier molecular flexibility index (Phi) is 9.42. The molecule has 3 aromatic rings. The minimum Gasteiger partial charge on any atom is -0.490 e. The first-order valence-corrected chi connectivity index (χ1v) is 11.6. The molecule has 0 aliphatic heterocycles. The standard InChI is InChI=1S/C26H25F6NO5/c1-3-35-21(24(34)36-4-2)14-16-8-10-17(11-9-16)37-12-13-38-20-15-22(26(30,31)32)33-23-18(20)6-5-7-19(23)25(27,28)29/h5-11,15,21H,3-4,12-14H2,1-2H3. The van der Waals surface area contributed by atoms with Crippen molar-refractivity contribution in [2.24, 2.45) is 0 Å². The quantitative estimate of drug-likeness (QED) is 0.161. The summed E-state index contributed by atoms with van der Waals surface area (Å²) in [5.74, 6) is -0.448. The number of carbonyl (C=O) groups excluding carboxylic acids is 1. The van der Waals surface area contributed by atoms with Gasteiger partial charge in [-0.1, -0.05) is 18.2 Å². The number of alkyl halides is 6. The summed E-state index contributed by atoms with van der Waals surface area (Å²) in [5.41, 5.74) is -2.86. The van der Waals surface area contributed by atoms with Gasteiger partial charge in [0.1, 0.15) is 30.4 Å². The lowest BCUT2D eigenvalue weighted by Gasteiger charge is -2.16. The zero-order chi connectivity index (χ0) is 27.9. The third-order valence-electron chi connectivity index (χ3n) is 5.27. The summed E-state index contributed by atoms with van der Waals surface area (Å²) >= 11 is 0. The van der Waals surface area contributed by atoms with E-state index in [1.54, 1.807) is 38.1 Å². The van der Waals surface area contributed by atoms with Gasteiger partial charge < -0.3 is 18.9 Å². The Bertz CT molecular complexity index is 1230. The normalized spacial score (nSPS) is 12.8. The molecule has 38 heavy (non-hydrogen) atoms. The molecule has 0 spiro atoms. The number of hydrogen-bond acceptors (Lipinski definition) is 6. The van der Waals surface area contributed by atoms with Crippen LogP contribution in [0.1, 0.15) is 30.7 Å². The Morgan fingerprint density at radius 1 is 0.895 bits per heavy atom. The van der Waals surface area contributed by atoms with Crippen molar-refractivity contribution in [2.45, 2.75) is 38.7 Å². The fourth-order valence-electron chi connectivity index (χ4n) is 3.60. The number of aromatic nitrogens is 1. The number of hydrogen-bond donors (Lipinski definition) is 0. The van der Waals surface area contributed by atoms with E-state index >= 15 is 0 Å². The van der Waals surface area contributed by atoms with Gasteiger partial charge in [0.25, 0.3) is 0 Å². The van der Waals surface area contributed by atoms with Crippen LogP contribution in [0.3, 0.4) is 0 Å². The molecule has 1 unspecified atom stereocenters. The average Bonchev–Trinajstić information content (AvgIpc) is 2.85. The van der Waals surface area contributed by atoms with Gasteiger partial charge in [-0.15, -0.1) is 0 Å². The molecule has 6 nitrogen and oxygen atoms in total. The van der Waals surface area contributed by atoms with E-state index in [9.17, 15) is 31.1 Å². The van der Waals surface area contributed by atoms with Crippen LogP contribution in [0.15, 0.2) is 48.5 Å². The van der Waals surface area contributed by atoms with Crippen LogP contribution in [0.2, 0.25) is 0 Å². The SMILES string of the molecule is CCOC(=O)C(Cc1ccc(OCCOc2cc(C(F)(F)F)nc3c(C(F)(F)F)cccc23)cc1)OCC. The van der Waals surface area contributed by atoms with E-state index in [-0.39, 0.29) is 31.6 Å². The van der Waals surface area contributed by atoms with Crippen LogP contribution in [0.5, 0.6) is 11.5 Å². The first-order chi connectivity index (χ1) is 17.9. The van der Waals surface area contributed by atoms with Crippen molar-refractivity contribution in [3.05, 3.63) is 65.4 Å². The predicted molar refractivity (Wildman–Crippen MR) is 125 cm³/mol. The third kappa shape index (κ3) is 7.50. The number of ether oxygens (including phenoxy) is 4. The first-order valence-electron chi connectivity index (χ1n) is 11.6. The molecule has 3 rings (SSSR count). The van der Waals surface area contributed by atoms with Gasteiger partial charge in [0.05, 0.1) is 17.7 Å². The smallest absolute Gasteiger partial charge is 0.433 e. The van der Waals surface area contributed by atoms with E-state index in [0.717, 1.165) is 11.6 Å². The fourth-order valence-corrected chi connectivity index (χ4v) is 3.60. The molecule has 12 heteroatoms. The van der Waals surface area contributed by atoms with E-state index in [2.05, 4.69) is 4.98 Å². The lowest BCUT2D eigenvalue weighted by molar-refractivity contribution is -0.156. The van der Waals surface area contributed by atoms with Crippen LogP contribution in [0, 0.1) is 0 Å². The number of halogens is 6. The summed E-state index contributed by atoms with van der Waals surface area (Å²) in [7, 11) is 0. The molecule has 206 valence electrons. The van der Waals surface area contributed by atoms with Crippen molar-refractivity contribution in [1.29, 1.82) is 0 Å². The fraction of sp³-hybridized carbons (Fsp3) is 0.385. The van der Waals surface area contributed by atoms with Crippen LogP contribution in [-0.4, -0.2) is 43.5 Å². The van der Waals surface area contributed by atoms with Gasteiger partial charge in [-0.25, -0.2) is 9.78 Å². The molecule has 0 bridgehead atoms.